The summed E-state index contributed by atoms with van der Waals surface area (Å²) in [6.45, 7) is 7.10. The first kappa shape index (κ1) is 16.8. The third-order valence-corrected chi connectivity index (χ3v) is 3.49. The summed E-state index contributed by atoms with van der Waals surface area (Å²) >= 11 is 0. The van der Waals surface area contributed by atoms with Crippen LogP contribution in [0, 0.1) is 0 Å². The van der Waals surface area contributed by atoms with Crippen molar-refractivity contribution in [1.82, 2.24) is 10.2 Å². The number of urea groups is 1. The predicted molar refractivity (Wildman–Crippen MR) is 75.7 cm³/mol. The molecule has 1 aliphatic rings. The minimum atomic E-state index is -0.952. The molecular weight excluding hydrogens is 260 g/mol. The molecule has 0 unspecified atom stereocenters. The van der Waals surface area contributed by atoms with Gasteiger partial charge in [-0.25, -0.2) is 9.59 Å². The second-order valence-electron chi connectivity index (χ2n) is 5.96. The predicted octanol–water partition coefficient (Wildman–Crippen LogP) is 1.84. The second kappa shape index (κ2) is 7.47. The number of carbonyl (C=O) groups excluding carboxylic acids is 1. The molecule has 0 aromatic rings. The summed E-state index contributed by atoms with van der Waals surface area (Å²) in [7, 11) is 0. The Kier molecular flexibility index (Phi) is 6.26. The van der Waals surface area contributed by atoms with Gasteiger partial charge in [0, 0.05) is 18.6 Å². The van der Waals surface area contributed by atoms with Gasteiger partial charge < -0.3 is 20.1 Å². The number of amides is 2. The fraction of sp³-hybridized carbons (Fsp3) is 0.857. The maximum absolute atomic E-state index is 12.1. The number of carboxylic acids is 1. The van der Waals surface area contributed by atoms with Gasteiger partial charge in [0.15, 0.2) is 0 Å². The van der Waals surface area contributed by atoms with Gasteiger partial charge in [0.25, 0.3) is 0 Å². The van der Waals surface area contributed by atoms with E-state index in [4.69, 9.17) is 9.84 Å². The Hall–Kier alpha value is -1.30. The molecule has 20 heavy (non-hydrogen) atoms. The highest BCUT2D eigenvalue weighted by molar-refractivity contribution is 5.75. The van der Waals surface area contributed by atoms with Gasteiger partial charge in [0.2, 0.25) is 0 Å². The van der Waals surface area contributed by atoms with E-state index in [0.717, 1.165) is 12.8 Å². The van der Waals surface area contributed by atoms with E-state index in [2.05, 4.69) is 12.2 Å². The van der Waals surface area contributed by atoms with Crippen molar-refractivity contribution in [2.24, 2.45) is 0 Å². The third-order valence-electron chi connectivity index (χ3n) is 3.49. The number of rotatable bonds is 6. The first-order chi connectivity index (χ1) is 9.34. The molecule has 1 saturated heterocycles. The van der Waals surface area contributed by atoms with Crippen LogP contribution in [0.4, 0.5) is 4.79 Å². The summed E-state index contributed by atoms with van der Waals surface area (Å²) < 4.78 is 5.25. The SMILES string of the molecule is CCCC(C)(C)NC(=O)N1CCC(OCC(=O)O)CC1. The smallest absolute Gasteiger partial charge is 0.329 e. The highest BCUT2D eigenvalue weighted by Crippen LogP contribution is 2.16. The Labute approximate surface area is 120 Å². The molecule has 0 spiro atoms. The van der Waals surface area contributed by atoms with Gasteiger partial charge in [0.1, 0.15) is 6.61 Å². The Bertz CT molecular complexity index is 336. The largest absolute Gasteiger partial charge is 0.480 e. The molecule has 1 fully saturated rings. The Morgan fingerprint density at radius 1 is 1.35 bits per heavy atom. The van der Waals surface area contributed by atoms with E-state index in [1.54, 1.807) is 4.90 Å². The van der Waals surface area contributed by atoms with E-state index in [1.807, 2.05) is 13.8 Å². The number of hydrogen-bond acceptors (Lipinski definition) is 3. The molecule has 0 aromatic carbocycles. The molecule has 1 aliphatic heterocycles. The van der Waals surface area contributed by atoms with Crippen LogP contribution in [0.5, 0.6) is 0 Å². The topological polar surface area (TPSA) is 78.9 Å². The Balaban J connectivity index is 2.33. The number of piperidine rings is 1. The quantitative estimate of drug-likeness (QED) is 0.781. The van der Waals surface area contributed by atoms with Gasteiger partial charge >= 0.3 is 12.0 Å². The van der Waals surface area contributed by atoms with Crippen LogP contribution in [0.25, 0.3) is 0 Å². The summed E-state index contributed by atoms with van der Waals surface area (Å²) in [6, 6.07) is -0.0415. The van der Waals surface area contributed by atoms with Crippen LogP contribution in [0.1, 0.15) is 46.5 Å². The lowest BCUT2D eigenvalue weighted by Gasteiger charge is -2.35. The molecule has 1 heterocycles. The van der Waals surface area contributed by atoms with Crippen LogP contribution in [-0.4, -0.2) is 53.3 Å². The van der Waals surface area contributed by atoms with Crippen molar-refractivity contribution in [1.29, 1.82) is 0 Å². The minimum Gasteiger partial charge on any atom is -0.480 e. The van der Waals surface area contributed by atoms with E-state index in [-0.39, 0.29) is 24.3 Å². The van der Waals surface area contributed by atoms with Crippen molar-refractivity contribution in [3.63, 3.8) is 0 Å². The van der Waals surface area contributed by atoms with Crippen LogP contribution in [0.3, 0.4) is 0 Å². The minimum absolute atomic E-state index is 0.0415. The summed E-state index contributed by atoms with van der Waals surface area (Å²) in [5, 5.41) is 11.6. The van der Waals surface area contributed by atoms with Gasteiger partial charge in [-0.3, -0.25) is 0 Å². The van der Waals surface area contributed by atoms with Crippen molar-refractivity contribution in [2.75, 3.05) is 19.7 Å². The zero-order valence-electron chi connectivity index (χ0n) is 12.6. The lowest BCUT2D eigenvalue weighted by molar-refractivity contribution is -0.145. The highest BCUT2D eigenvalue weighted by Gasteiger charge is 2.27. The van der Waals surface area contributed by atoms with E-state index in [1.165, 1.54) is 0 Å². The summed E-state index contributed by atoms with van der Waals surface area (Å²) in [4.78, 5) is 24.4. The standard InChI is InChI=1S/C14H26N2O4/c1-4-7-14(2,3)15-13(19)16-8-5-11(6-9-16)20-10-12(17)18/h11H,4-10H2,1-3H3,(H,15,19)(H,17,18). The number of aliphatic carboxylic acids is 1. The third kappa shape index (κ3) is 5.77. The van der Waals surface area contributed by atoms with Gasteiger partial charge in [-0.05, 0) is 33.1 Å². The molecule has 6 nitrogen and oxygen atoms in total. The average Bonchev–Trinajstić information content (AvgIpc) is 2.36. The van der Waals surface area contributed by atoms with Crippen LogP contribution in [0.15, 0.2) is 0 Å². The van der Waals surface area contributed by atoms with Crippen LogP contribution in [0.2, 0.25) is 0 Å². The van der Waals surface area contributed by atoms with Crippen LogP contribution >= 0.6 is 0 Å². The number of nitrogens with zero attached hydrogens (tertiary/aromatic N) is 1. The number of likely N-dealkylation sites (tertiary alicyclic amines) is 1. The van der Waals surface area contributed by atoms with Crippen LogP contribution < -0.4 is 5.32 Å². The fourth-order valence-corrected chi connectivity index (χ4v) is 2.47. The summed E-state index contributed by atoms with van der Waals surface area (Å²) in [5.41, 5.74) is -0.192. The molecule has 0 bridgehead atoms. The van der Waals surface area contributed by atoms with Crippen molar-refractivity contribution in [3.8, 4) is 0 Å². The molecule has 0 radical (unpaired) electrons. The Morgan fingerprint density at radius 2 is 1.95 bits per heavy atom. The van der Waals surface area contributed by atoms with Gasteiger partial charge in [0.05, 0.1) is 6.10 Å². The average molecular weight is 286 g/mol. The van der Waals surface area contributed by atoms with Gasteiger partial charge in [-0.1, -0.05) is 13.3 Å². The van der Waals surface area contributed by atoms with E-state index in [0.29, 0.717) is 25.9 Å². The second-order valence-corrected chi connectivity index (χ2v) is 5.96. The highest BCUT2D eigenvalue weighted by atomic mass is 16.5. The number of ether oxygens (including phenoxy) is 1. The first-order valence-corrected chi connectivity index (χ1v) is 7.24. The van der Waals surface area contributed by atoms with E-state index >= 15 is 0 Å². The van der Waals surface area contributed by atoms with Crippen molar-refractivity contribution >= 4 is 12.0 Å². The van der Waals surface area contributed by atoms with Crippen molar-refractivity contribution in [3.05, 3.63) is 0 Å². The molecule has 0 atom stereocenters. The lowest BCUT2D eigenvalue weighted by atomic mass is 9.99. The van der Waals surface area contributed by atoms with Crippen molar-refractivity contribution < 1.29 is 19.4 Å². The monoisotopic (exact) mass is 286 g/mol. The molecule has 0 aromatic heterocycles. The molecule has 1 rings (SSSR count). The molecule has 0 aliphatic carbocycles. The van der Waals surface area contributed by atoms with E-state index in [9.17, 15) is 9.59 Å². The molecular formula is C14H26N2O4. The molecule has 0 saturated carbocycles. The normalized spacial score (nSPS) is 17.1. The molecule has 2 N–H and O–H groups in total. The maximum Gasteiger partial charge on any atom is 0.329 e. The Morgan fingerprint density at radius 3 is 2.45 bits per heavy atom. The number of hydrogen-bond donors (Lipinski definition) is 2. The zero-order valence-corrected chi connectivity index (χ0v) is 12.6. The first-order valence-electron chi connectivity index (χ1n) is 7.24. The summed E-state index contributed by atoms with van der Waals surface area (Å²) in [5.74, 6) is -0.952. The number of carbonyl (C=O) groups is 2. The number of carboxylic acid groups (broad SMARTS) is 1. The molecule has 116 valence electrons. The molecule has 6 heteroatoms. The lowest BCUT2D eigenvalue weighted by Crippen LogP contribution is -2.52. The number of nitrogens with one attached hydrogen (secondary N) is 1. The molecule has 2 amide bonds. The summed E-state index contributed by atoms with van der Waals surface area (Å²) in [6.07, 6.45) is 3.29. The van der Waals surface area contributed by atoms with Gasteiger partial charge in [-0.15, -0.1) is 0 Å². The van der Waals surface area contributed by atoms with Crippen LogP contribution in [-0.2, 0) is 9.53 Å². The van der Waals surface area contributed by atoms with Gasteiger partial charge in [-0.2, -0.15) is 0 Å². The maximum atomic E-state index is 12.1. The van der Waals surface area contributed by atoms with E-state index < -0.39 is 5.97 Å². The van der Waals surface area contributed by atoms with Crippen molar-refractivity contribution in [2.45, 2.75) is 58.1 Å². The fourth-order valence-electron chi connectivity index (χ4n) is 2.47. The zero-order chi connectivity index (χ0) is 15.2.